The van der Waals surface area contributed by atoms with E-state index in [0.29, 0.717) is 0 Å². The fraction of sp³-hybridized carbons (Fsp3) is 0.857. The Morgan fingerprint density at radius 3 is 2.16 bits per heavy atom. The first-order valence-corrected chi connectivity index (χ1v) is 6.93. The first-order valence-electron chi connectivity index (χ1n) is 6.93. The maximum Gasteiger partial charge on any atom is 0.328 e. The lowest BCUT2D eigenvalue weighted by atomic mass is 9.99. The summed E-state index contributed by atoms with van der Waals surface area (Å²) in [6.07, 6.45) is 2.60. The van der Waals surface area contributed by atoms with E-state index in [1.54, 1.807) is 0 Å². The Morgan fingerprint density at radius 1 is 1.16 bits per heavy atom. The predicted molar refractivity (Wildman–Crippen MR) is 75.4 cm³/mol. The van der Waals surface area contributed by atoms with Gasteiger partial charge in [-0.25, -0.2) is 4.79 Å². The average Bonchev–Trinajstić information content (AvgIpc) is 2.33. The zero-order chi connectivity index (χ0) is 15.0. The third-order valence-electron chi connectivity index (χ3n) is 3.16. The van der Waals surface area contributed by atoms with Gasteiger partial charge in [0.15, 0.2) is 0 Å². The number of hydrogen-bond acceptors (Lipinski definition) is 4. The molecule has 0 bridgehead atoms. The van der Waals surface area contributed by atoms with Crippen molar-refractivity contribution in [2.45, 2.75) is 59.0 Å². The van der Waals surface area contributed by atoms with E-state index in [0.717, 1.165) is 19.3 Å². The number of nitrogens with two attached hydrogens (primary N) is 1. The standard InChI is InChI=1S/C14H28N2O3/c1-9(2)12(14(18)19-5)16-13(17)10(3)7-6-8-11(4)15/h9-12H,6-8,15H2,1-5H3,(H,16,17). The van der Waals surface area contributed by atoms with Crippen LogP contribution in [0.2, 0.25) is 0 Å². The summed E-state index contributed by atoms with van der Waals surface area (Å²) in [6, 6.07) is -0.415. The van der Waals surface area contributed by atoms with Gasteiger partial charge in [-0.15, -0.1) is 0 Å². The Labute approximate surface area is 116 Å². The summed E-state index contributed by atoms with van der Waals surface area (Å²) in [5.74, 6) is -0.614. The lowest BCUT2D eigenvalue weighted by Gasteiger charge is -2.22. The molecule has 0 aliphatic rings. The number of amides is 1. The Morgan fingerprint density at radius 2 is 1.74 bits per heavy atom. The van der Waals surface area contributed by atoms with Crippen LogP contribution in [0.15, 0.2) is 0 Å². The number of carbonyl (C=O) groups is 2. The summed E-state index contributed by atoms with van der Waals surface area (Å²) in [6.45, 7) is 7.58. The largest absolute Gasteiger partial charge is 0.467 e. The smallest absolute Gasteiger partial charge is 0.328 e. The van der Waals surface area contributed by atoms with Crippen LogP contribution < -0.4 is 11.1 Å². The summed E-state index contributed by atoms with van der Waals surface area (Å²) < 4.78 is 4.70. The van der Waals surface area contributed by atoms with E-state index in [9.17, 15) is 9.59 Å². The van der Waals surface area contributed by atoms with Gasteiger partial charge in [0.05, 0.1) is 7.11 Å². The van der Waals surface area contributed by atoms with Gasteiger partial charge in [-0.3, -0.25) is 4.79 Å². The van der Waals surface area contributed by atoms with Gasteiger partial charge in [0, 0.05) is 12.0 Å². The average molecular weight is 272 g/mol. The summed E-state index contributed by atoms with van der Waals surface area (Å²) in [7, 11) is 1.33. The highest BCUT2D eigenvalue weighted by atomic mass is 16.5. The molecular weight excluding hydrogens is 244 g/mol. The molecule has 3 unspecified atom stereocenters. The number of ether oxygens (including phenoxy) is 1. The molecule has 3 atom stereocenters. The molecule has 0 heterocycles. The zero-order valence-corrected chi connectivity index (χ0v) is 12.7. The van der Waals surface area contributed by atoms with Gasteiger partial charge in [-0.1, -0.05) is 27.2 Å². The highest BCUT2D eigenvalue weighted by Crippen LogP contribution is 2.11. The Balaban J connectivity index is 4.28. The minimum Gasteiger partial charge on any atom is -0.467 e. The minimum atomic E-state index is -0.576. The number of methoxy groups -OCH3 is 1. The molecule has 19 heavy (non-hydrogen) atoms. The van der Waals surface area contributed by atoms with Crippen LogP contribution in [0.25, 0.3) is 0 Å². The van der Waals surface area contributed by atoms with Crippen LogP contribution >= 0.6 is 0 Å². The van der Waals surface area contributed by atoms with Crippen molar-refractivity contribution in [1.82, 2.24) is 5.32 Å². The fourth-order valence-electron chi connectivity index (χ4n) is 1.80. The van der Waals surface area contributed by atoms with Crippen molar-refractivity contribution in [2.75, 3.05) is 7.11 Å². The van der Waals surface area contributed by atoms with E-state index in [2.05, 4.69) is 5.32 Å². The summed E-state index contributed by atoms with van der Waals surface area (Å²) in [5.41, 5.74) is 5.67. The molecular formula is C14H28N2O3. The second-order valence-electron chi connectivity index (χ2n) is 5.56. The van der Waals surface area contributed by atoms with Crippen LogP contribution in [0.5, 0.6) is 0 Å². The lowest BCUT2D eigenvalue weighted by molar-refractivity contribution is -0.146. The predicted octanol–water partition coefficient (Wildman–Crippen LogP) is 1.45. The van der Waals surface area contributed by atoms with Gasteiger partial charge in [-0.2, -0.15) is 0 Å². The van der Waals surface area contributed by atoms with E-state index in [1.165, 1.54) is 7.11 Å². The lowest BCUT2D eigenvalue weighted by Crippen LogP contribution is -2.46. The number of carbonyl (C=O) groups excluding carboxylic acids is 2. The van der Waals surface area contributed by atoms with E-state index < -0.39 is 12.0 Å². The number of esters is 1. The molecule has 5 nitrogen and oxygen atoms in total. The molecule has 1 amide bonds. The van der Waals surface area contributed by atoms with E-state index in [4.69, 9.17) is 10.5 Å². The number of nitrogens with one attached hydrogen (secondary N) is 1. The molecule has 0 saturated carbocycles. The molecule has 0 aromatic rings. The highest BCUT2D eigenvalue weighted by Gasteiger charge is 2.26. The molecule has 5 heteroatoms. The summed E-state index contributed by atoms with van der Waals surface area (Å²) in [4.78, 5) is 23.6. The minimum absolute atomic E-state index is 0.00710. The van der Waals surface area contributed by atoms with E-state index in [-0.39, 0.29) is 23.8 Å². The molecule has 0 aromatic carbocycles. The number of rotatable bonds is 8. The Hall–Kier alpha value is -1.10. The van der Waals surface area contributed by atoms with Crippen molar-refractivity contribution in [2.24, 2.45) is 17.6 Å². The van der Waals surface area contributed by atoms with Crippen molar-refractivity contribution in [3.63, 3.8) is 0 Å². The first-order chi connectivity index (χ1) is 8.79. The second kappa shape index (κ2) is 8.91. The van der Waals surface area contributed by atoms with Crippen molar-refractivity contribution < 1.29 is 14.3 Å². The Bertz CT molecular complexity index is 290. The van der Waals surface area contributed by atoms with Gasteiger partial charge < -0.3 is 15.8 Å². The molecule has 0 fully saturated rings. The topological polar surface area (TPSA) is 81.4 Å². The molecule has 3 N–H and O–H groups in total. The Kier molecular flexibility index (Phi) is 8.39. The van der Waals surface area contributed by atoms with Crippen molar-refractivity contribution in [1.29, 1.82) is 0 Å². The maximum absolute atomic E-state index is 12.0. The molecule has 112 valence electrons. The van der Waals surface area contributed by atoms with E-state index in [1.807, 2.05) is 27.7 Å². The number of hydrogen-bond donors (Lipinski definition) is 2. The molecule has 0 saturated heterocycles. The second-order valence-corrected chi connectivity index (χ2v) is 5.56. The van der Waals surface area contributed by atoms with Gasteiger partial charge in [-0.05, 0) is 25.7 Å². The molecule has 0 aliphatic carbocycles. The molecule has 0 rings (SSSR count). The van der Waals surface area contributed by atoms with Crippen LogP contribution in [-0.2, 0) is 14.3 Å². The van der Waals surface area contributed by atoms with Crippen molar-refractivity contribution in [3.05, 3.63) is 0 Å². The van der Waals surface area contributed by atoms with Crippen LogP contribution in [0.1, 0.15) is 47.0 Å². The van der Waals surface area contributed by atoms with Gasteiger partial charge in [0.25, 0.3) is 0 Å². The normalized spacial score (nSPS) is 15.7. The van der Waals surface area contributed by atoms with Gasteiger partial charge >= 0.3 is 5.97 Å². The van der Waals surface area contributed by atoms with Crippen LogP contribution in [0.3, 0.4) is 0 Å². The maximum atomic E-state index is 12.0. The highest BCUT2D eigenvalue weighted by molar-refractivity contribution is 5.85. The van der Waals surface area contributed by atoms with Gasteiger partial charge in [0.1, 0.15) is 6.04 Å². The third-order valence-corrected chi connectivity index (χ3v) is 3.16. The molecule has 0 spiro atoms. The van der Waals surface area contributed by atoms with Crippen LogP contribution in [0, 0.1) is 11.8 Å². The molecule has 0 aromatic heterocycles. The summed E-state index contributed by atoms with van der Waals surface area (Å²) >= 11 is 0. The van der Waals surface area contributed by atoms with Crippen molar-refractivity contribution >= 4 is 11.9 Å². The summed E-state index contributed by atoms with van der Waals surface area (Å²) in [5, 5.41) is 2.76. The monoisotopic (exact) mass is 272 g/mol. The quantitative estimate of drug-likeness (QED) is 0.655. The third kappa shape index (κ3) is 7.15. The van der Waals surface area contributed by atoms with Crippen LogP contribution in [-0.4, -0.2) is 31.1 Å². The van der Waals surface area contributed by atoms with Gasteiger partial charge in [0.2, 0.25) is 5.91 Å². The van der Waals surface area contributed by atoms with Crippen LogP contribution in [0.4, 0.5) is 0 Å². The zero-order valence-electron chi connectivity index (χ0n) is 12.7. The van der Waals surface area contributed by atoms with Crippen molar-refractivity contribution in [3.8, 4) is 0 Å². The molecule has 0 radical (unpaired) electrons. The van der Waals surface area contributed by atoms with E-state index >= 15 is 0 Å². The SMILES string of the molecule is COC(=O)C(NC(=O)C(C)CCCC(C)N)C(C)C. The first kappa shape index (κ1) is 17.9. The molecule has 0 aliphatic heterocycles. The fourth-order valence-corrected chi connectivity index (χ4v) is 1.80.